The Labute approximate surface area is 309 Å². The lowest BCUT2D eigenvalue weighted by Crippen LogP contribution is -2.46. The van der Waals surface area contributed by atoms with E-state index in [-0.39, 0.29) is 46.6 Å². The van der Waals surface area contributed by atoms with Crippen molar-refractivity contribution < 1.29 is 55.0 Å². The van der Waals surface area contributed by atoms with Crippen LogP contribution in [0.15, 0.2) is 97.2 Å². The van der Waals surface area contributed by atoms with Gasteiger partial charge in [-0.1, -0.05) is 48.5 Å². The minimum atomic E-state index is -5.44. The fourth-order valence-corrected chi connectivity index (χ4v) is 6.62. The molecule has 6 aromatic rings. The van der Waals surface area contributed by atoms with Gasteiger partial charge < -0.3 is 28.9 Å². The van der Waals surface area contributed by atoms with Gasteiger partial charge >= 0.3 is 24.3 Å². The van der Waals surface area contributed by atoms with Crippen molar-refractivity contribution in [1.82, 2.24) is 14.6 Å². The maximum absolute atomic E-state index is 13.8. The molecule has 0 amide bonds. The Bertz CT molecular complexity index is 2330. The highest BCUT2D eigenvalue weighted by atomic mass is 19.4. The maximum atomic E-state index is 13.8. The second-order valence-corrected chi connectivity index (χ2v) is 12.6. The predicted molar refractivity (Wildman–Crippen MR) is 190 cm³/mol. The second kappa shape index (κ2) is 14.9. The van der Waals surface area contributed by atoms with Crippen molar-refractivity contribution in [1.29, 1.82) is 0 Å². The number of carbonyl (C=O) groups is 2. The second-order valence-electron chi connectivity index (χ2n) is 12.6. The van der Waals surface area contributed by atoms with Gasteiger partial charge in [-0.25, -0.2) is 9.59 Å². The van der Waals surface area contributed by atoms with Crippen LogP contribution in [0.3, 0.4) is 0 Å². The molecule has 1 fully saturated rings. The number of aromatic nitrogens is 2. The summed E-state index contributed by atoms with van der Waals surface area (Å²) in [6, 6.07) is 25.7. The zero-order valence-corrected chi connectivity index (χ0v) is 29.0. The normalized spacial score (nSPS) is 14.0. The van der Waals surface area contributed by atoms with Gasteiger partial charge in [0.05, 0.1) is 23.7 Å². The van der Waals surface area contributed by atoms with E-state index in [4.69, 9.17) is 19.0 Å². The van der Waals surface area contributed by atoms with Gasteiger partial charge in [0.25, 0.3) is 0 Å². The number of alkyl halides is 6. The highest BCUT2D eigenvalue weighted by molar-refractivity contribution is 6.05. The molecule has 3 heterocycles. The van der Waals surface area contributed by atoms with Crippen LogP contribution in [0.5, 0.6) is 17.2 Å². The third-order valence-corrected chi connectivity index (χ3v) is 9.20. The summed E-state index contributed by atoms with van der Waals surface area (Å²) in [5.41, 5.74) is 2.85. The number of benzene rings is 4. The van der Waals surface area contributed by atoms with Crippen molar-refractivity contribution in [2.24, 2.45) is 0 Å². The van der Waals surface area contributed by atoms with Gasteiger partial charge in [-0.2, -0.15) is 31.1 Å². The molecule has 4 aromatic carbocycles. The first-order valence-corrected chi connectivity index (χ1v) is 16.9. The number of nitrogens with zero attached hydrogens (tertiary/aromatic N) is 3. The van der Waals surface area contributed by atoms with Gasteiger partial charge in [0.15, 0.2) is 11.5 Å². The van der Waals surface area contributed by atoms with E-state index in [0.29, 0.717) is 36.7 Å². The molecule has 10 nitrogen and oxygen atoms in total. The molecule has 7 rings (SSSR count). The number of carbonyl (C=O) groups excluding carboxylic acids is 2. The minimum absolute atomic E-state index is 0.0238. The average Bonchev–Trinajstić information content (AvgIpc) is 3.77. The molecule has 0 bridgehead atoms. The van der Waals surface area contributed by atoms with Crippen molar-refractivity contribution in [3.05, 3.63) is 108 Å². The first kappa shape index (κ1) is 37.2. The van der Waals surface area contributed by atoms with E-state index in [1.54, 1.807) is 24.3 Å². The summed E-state index contributed by atoms with van der Waals surface area (Å²) in [7, 11) is 1.12. The number of H-pyrrole nitrogens is 1. The van der Waals surface area contributed by atoms with Crippen LogP contribution in [0, 0.1) is 0 Å². The summed E-state index contributed by atoms with van der Waals surface area (Å²) in [5.74, 6) is -5.81. The van der Waals surface area contributed by atoms with Gasteiger partial charge in [0, 0.05) is 61.1 Å². The van der Waals surface area contributed by atoms with Crippen LogP contribution >= 0.6 is 0 Å². The molecule has 16 heteroatoms. The number of piperazine rings is 1. The molecule has 0 aliphatic carbocycles. The van der Waals surface area contributed by atoms with Crippen LogP contribution in [-0.2, 0) is 22.7 Å². The summed E-state index contributed by atoms with van der Waals surface area (Å²) >= 11 is 0. The summed E-state index contributed by atoms with van der Waals surface area (Å²) in [6.45, 7) is 1.92. The van der Waals surface area contributed by atoms with Crippen LogP contribution in [-0.4, -0.2) is 72.2 Å². The fraction of sp³-hybridized carbons (Fsp3) is 0.231. The fourth-order valence-electron chi connectivity index (χ4n) is 6.62. The summed E-state index contributed by atoms with van der Waals surface area (Å²) < 4.78 is 98.8. The summed E-state index contributed by atoms with van der Waals surface area (Å²) in [6.07, 6.45) is -9.04. The highest BCUT2D eigenvalue weighted by Crippen LogP contribution is 2.46. The topological polar surface area (TPSA) is 98.3 Å². The molecule has 286 valence electrons. The number of esters is 1. The number of halogens is 6. The lowest BCUT2D eigenvalue weighted by molar-refractivity contribution is -0.199. The van der Waals surface area contributed by atoms with E-state index >= 15 is 0 Å². The maximum Gasteiger partial charge on any atom is 0.493 e. The molecule has 1 saturated heterocycles. The smallest absolute Gasteiger partial charge is 0.493 e. The van der Waals surface area contributed by atoms with E-state index in [0.717, 1.165) is 35.3 Å². The van der Waals surface area contributed by atoms with E-state index in [1.165, 1.54) is 6.07 Å². The Morgan fingerprint density at radius 2 is 1.49 bits per heavy atom. The molecule has 0 saturated carbocycles. The van der Waals surface area contributed by atoms with Crippen LogP contribution in [0.4, 0.5) is 32.0 Å². The van der Waals surface area contributed by atoms with Gasteiger partial charge in [0.1, 0.15) is 12.4 Å². The van der Waals surface area contributed by atoms with Crippen LogP contribution in [0.1, 0.15) is 11.3 Å². The predicted octanol–water partition coefficient (Wildman–Crippen LogP) is 7.68. The third kappa shape index (κ3) is 7.76. The van der Waals surface area contributed by atoms with Crippen LogP contribution < -0.4 is 23.9 Å². The van der Waals surface area contributed by atoms with Crippen molar-refractivity contribution in [2.75, 3.05) is 38.2 Å². The molecule has 0 radical (unpaired) electrons. The molecule has 2 aromatic heterocycles. The zero-order chi connectivity index (χ0) is 38.9. The summed E-state index contributed by atoms with van der Waals surface area (Å²) in [4.78, 5) is 37.0. The van der Waals surface area contributed by atoms with Gasteiger partial charge in [-0.3, -0.25) is 4.90 Å². The Hall–Kier alpha value is -6.16. The minimum Gasteiger partial charge on any atom is -0.493 e. The molecule has 1 aliphatic rings. The quantitative estimate of drug-likeness (QED) is 0.0862. The Balaban J connectivity index is 1.33. The van der Waals surface area contributed by atoms with E-state index in [2.05, 4.69) is 9.88 Å². The number of hydrogen-bond acceptors (Lipinski definition) is 8. The molecule has 0 atom stereocenters. The van der Waals surface area contributed by atoms with Crippen LogP contribution in [0.2, 0.25) is 0 Å². The average molecular weight is 767 g/mol. The van der Waals surface area contributed by atoms with Crippen molar-refractivity contribution in [3.63, 3.8) is 0 Å². The number of fused-ring (bicyclic) bond motifs is 2. The number of aromatic amines is 1. The largest absolute Gasteiger partial charge is 0.493 e. The van der Waals surface area contributed by atoms with Crippen molar-refractivity contribution in [2.45, 2.75) is 25.5 Å². The number of methoxy groups -OCH3 is 1. The lowest BCUT2D eigenvalue weighted by atomic mass is 10.00. The first-order chi connectivity index (χ1) is 26.3. The Kier molecular flexibility index (Phi) is 10.1. The Morgan fingerprint density at radius 3 is 2.16 bits per heavy atom. The zero-order valence-electron chi connectivity index (χ0n) is 29.0. The van der Waals surface area contributed by atoms with E-state index < -0.39 is 30.0 Å². The molecule has 1 N–H and O–H groups in total. The van der Waals surface area contributed by atoms with Crippen LogP contribution in [0.25, 0.3) is 32.9 Å². The van der Waals surface area contributed by atoms with E-state index in [9.17, 15) is 35.9 Å². The van der Waals surface area contributed by atoms with E-state index in [1.807, 2.05) is 65.7 Å². The third-order valence-electron chi connectivity index (χ3n) is 9.20. The molecule has 0 spiro atoms. The Morgan fingerprint density at radius 1 is 0.782 bits per heavy atom. The van der Waals surface area contributed by atoms with Gasteiger partial charge in [-0.15, -0.1) is 0 Å². The number of ether oxygens (including phenoxy) is 3. The lowest BCUT2D eigenvalue weighted by Gasteiger charge is -2.36. The SMILES string of the molecule is COc1ccc2c(c1OC(=O)C(F)(F)F)c(-c1ccc(OCc3ccccc3)cc1)c(CN1CCN(c3cccc4[nH]ccc34)CC1)n2OC(=O)C(F)(F)F. The number of rotatable bonds is 10. The standard InChI is InChI=1S/C39H32F6N4O6/c1-52-32-15-14-30-34(35(32)54-36(50)38(40,41)42)33(25-10-12-26(13-11-25)53-23-24-6-3-2-4-7-24)31(49(30)55-37(51)39(43,44)45)22-47-18-20-48(21-19-47)29-9-5-8-28-27(29)16-17-46-28/h2-17,46H,18-23H2,1H3. The molecule has 0 unspecified atom stereocenters. The van der Waals surface area contributed by atoms with Gasteiger partial charge in [-0.05, 0) is 53.6 Å². The van der Waals surface area contributed by atoms with Crippen molar-refractivity contribution in [3.8, 4) is 28.4 Å². The highest BCUT2D eigenvalue weighted by Gasteiger charge is 2.44. The molecular weight excluding hydrogens is 734 g/mol. The number of anilines is 1. The van der Waals surface area contributed by atoms with Gasteiger partial charge in [0.2, 0.25) is 0 Å². The molecular formula is C39H32F6N4O6. The summed E-state index contributed by atoms with van der Waals surface area (Å²) in [5, 5.41) is 0.765. The van der Waals surface area contributed by atoms with Crippen molar-refractivity contribution >= 4 is 39.4 Å². The number of hydrogen-bond donors (Lipinski definition) is 1. The first-order valence-electron chi connectivity index (χ1n) is 16.9. The molecule has 55 heavy (non-hydrogen) atoms. The number of nitrogens with one attached hydrogen (secondary N) is 1. The molecule has 1 aliphatic heterocycles. The monoisotopic (exact) mass is 766 g/mol.